The fourth-order valence-corrected chi connectivity index (χ4v) is 5.05. The summed E-state index contributed by atoms with van der Waals surface area (Å²) in [6.45, 7) is 4.78. The van der Waals surface area contributed by atoms with E-state index in [0.717, 1.165) is 60.1 Å². The summed E-state index contributed by atoms with van der Waals surface area (Å²) in [4.78, 5) is 6.48. The SMILES string of the molecule is Cc1nc2c(N3CCNCC3)cccc2n1S(=O)(=O)c1ccc(OC(F)(F)F)cc1. The van der Waals surface area contributed by atoms with Crippen molar-refractivity contribution in [3.05, 3.63) is 48.3 Å². The van der Waals surface area contributed by atoms with E-state index in [1.54, 1.807) is 19.1 Å². The van der Waals surface area contributed by atoms with Crippen molar-refractivity contribution in [1.29, 1.82) is 0 Å². The summed E-state index contributed by atoms with van der Waals surface area (Å²) in [5, 5.41) is 3.27. The number of para-hydroxylation sites is 1. The number of nitrogens with zero attached hydrogens (tertiary/aromatic N) is 3. The summed E-state index contributed by atoms with van der Waals surface area (Å²) < 4.78 is 68.5. The Balaban J connectivity index is 1.76. The fraction of sp³-hybridized carbons (Fsp3) is 0.316. The van der Waals surface area contributed by atoms with Crippen molar-refractivity contribution in [1.82, 2.24) is 14.3 Å². The molecule has 30 heavy (non-hydrogen) atoms. The molecule has 1 aromatic heterocycles. The van der Waals surface area contributed by atoms with Gasteiger partial charge in [0.1, 0.15) is 17.1 Å². The number of ether oxygens (including phenoxy) is 1. The van der Waals surface area contributed by atoms with E-state index >= 15 is 0 Å². The molecular formula is C19H19F3N4O3S. The molecule has 0 radical (unpaired) electrons. The third-order valence-electron chi connectivity index (χ3n) is 4.83. The van der Waals surface area contributed by atoms with Crippen LogP contribution in [0.3, 0.4) is 0 Å². The number of nitrogens with one attached hydrogen (secondary N) is 1. The van der Waals surface area contributed by atoms with Gasteiger partial charge in [-0.2, -0.15) is 0 Å². The van der Waals surface area contributed by atoms with Crippen LogP contribution < -0.4 is 15.0 Å². The van der Waals surface area contributed by atoms with Gasteiger partial charge in [0.25, 0.3) is 10.0 Å². The second-order valence-electron chi connectivity index (χ2n) is 6.83. The Morgan fingerprint density at radius 3 is 2.37 bits per heavy atom. The zero-order valence-corrected chi connectivity index (χ0v) is 16.8. The minimum absolute atomic E-state index is 0.160. The number of piperazine rings is 1. The third-order valence-corrected chi connectivity index (χ3v) is 6.64. The van der Waals surface area contributed by atoms with Crippen LogP contribution in [0, 0.1) is 6.92 Å². The Hall–Kier alpha value is -2.79. The van der Waals surface area contributed by atoms with Gasteiger partial charge in [0.2, 0.25) is 0 Å². The molecule has 160 valence electrons. The van der Waals surface area contributed by atoms with Gasteiger partial charge in [-0.15, -0.1) is 13.2 Å². The minimum Gasteiger partial charge on any atom is -0.406 e. The van der Waals surface area contributed by atoms with E-state index in [-0.39, 0.29) is 10.7 Å². The number of anilines is 1. The van der Waals surface area contributed by atoms with Crippen molar-refractivity contribution in [2.75, 3.05) is 31.1 Å². The molecule has 0 saturated carbocycles. The number of aromatic nitrogens is 2. The summed E-state index contributed by atoms with van der Waals surface area (Å²) in [6, 6.07) is 9.46. The molecule has 0 bridgehead atoms. The molecule has 0 aliphatic carbocycles. The highest BCUT2D eigenvalue weighted by Gasteiger charge is 2.31. The number of aryl methyl sites for hydroxylation is 1. The topological polar surface area (TPSA) is 76.5 Å². The van der Waals surface area contributed by atoms with E-state index in [1.807, 2.05) is 6.07 Å². The quantitative estimate of drug-likeness (QED) is 0.673. The first-order valence-corrected chi connectivity index (χ1v) is 10.7. The molecular weight excluding hydrogens is 421 g/mol. The summed E-state index contributed by atoms with van der Waals surface area (Å²) >= 11 is 0. The largest absolute Gasteiger partial charge is 0.573 e. The molecule has 1 saturated heterocycles. The first kappa shape index (κ1) is 20.5. The zero-order valence-electron chi connectivity index (χ0n) is 16.0. The Morgan fingerprint density at radius 1 is 1.07 bits per heavy atom. The van der Waals surface area contributed by atoms with Crippen molar-refractivity contribution in [2.24, 2.45) is 0 Å². The van der Waals surface area contributed by atoms with Crippen molar-refractivity contribution >= 4 is 26.7 Å². The molecule has 1 N–H and O–H groups in total. The van der Waals surface area contributed by atoms with Crippen LogP contribution in [-0.4, -0.2) is 49.9 Å². The summed E-state index contributed by atoms with van der Waals surface area (Å²) in [5.74, 6) is -0.224. The molecule has 1 aliphatic rings. The average Bonchev–Trinajstić information content (AvgIpc) is 3.04. The molecule has 11 heteroatoms. The van der Waals surface area contributed by atoms with Gasteiger partial charge in [-0.3, -0.25) is 0 Å². The number of imidazole rings is 1. The Kier molecular flexibility index (Phi) is 5.10. The van der Waals surface area contributed by atoms with Crippen LogP contribution in [0.4, 0.5) is 18.9 Å². The van der Waals surface area contributed by atoms with Crippen LogP contribution in [0.1, 0.15) is 5.82 Å². The molecule has 0 atom stereocenters. The number of hydrogen-bond donors (Lipinski definition) is 1. The maximum Gasteiger partial charge on any atom is 0.573 e. The van der Waals surface area contributed by atoms with Crippen LogP contribution in [0.5, 0.6) is 5.75 Å². The minimum atomic E-state index is -4.85. The highest BCUT2D eigenvalue weighted by atomic mass is 32.2. The van der Waals surface area contributed by atoms with Gasteiger partial charge in [-0.25, -0.2) is 17.4 Å². The van der Waals surface area contributed by atoms with Crippen LogP contribution in [0.15, 0.2) is 47.4 Å². The normalized spacial score (nSPS) is 15.5. The lowest BCUT2D eigenvalue weighted by molar-refractivity contribution is -0.274. The summed E-state index contributed by atoms with van der Waals surface area (Å²) in [5.41, 5.74) is 1.83. The van der Waals surface area contributed by atoms with Crippen LogP contribution in [0.2, 0.25) is 0 Å². The van der Waals surface area contributed by atoms with Crippen LogP contribution in [-0.2, 0) is 10.0 Å². The average molecular weight is 440 g/mol. The van der Waals surface area contributed by atoms with Crippen LogP contribution >= 0.6 is 0 Å². The Labute approximate surface area is 171 Å². The van der Waals surface area contributed by atoms with Crippen molar-refractivity contribution in [3.63, 3.8) is 0 Å². The molecule has 7 nitrogen and oxygen atoms in total. The molecule has 2 aromatic carbocycles. The first-order chi connectivity index (χ1) is 14.2. The summed E-state index contributed by atoms with van der Waals surface area (Å²) in [6.07, 6.45) is -4.85. The van der Waals surface area contributed by atoms with Gasteiger partial charge < -0.3 is 15.0 Å². The van der Waals surface area contributed by atoms with Gasteiger partial charge in [-0.05, 0) is 43.3 Å². The lowest BCUT2D eigenvalue weighted by Gasteiger charge is -2.29. The lowest BCUT2D eigenvalue weighted by Crippen LogP contribution is -2.43. The maximum atomic E-state index is 13.3. The predicted octanol–water partition coefficient (Wildman–Crippen LogP) is 2.89. The number of hydrogen-bond acceptors (Lipinski definition) is 6. The smallest absolute Gasteiger partial charge is 0.406 e. The van der Waals surface area contributed by atoms with Crippen molar-refractivity contribution in [2.45, 2.75) is 18.2 Å². The van der Waals surface area contributed by atoms with E-state index in [4.69, 9.17) is 0 Å². The molecule has 1 aliphatic heterocycles. The Bertz CT molecular complexity index is 1170. The third kappa shape index (κ3) is 3.82. The van der Waals surface area contributed by atoms with E-state index in [2.05, 4.69) is 19.9 Å². The number of fused-ring (bicyclic) bond motifs is 1. The van der Waals surface area contributed by atoms with Gasteiger partial charge >= 0.3 is 6.36 Å². The number of rotatable bonds is 4. The van der Waals surface area contributed by atoms with Crippen molar-refractivity contribution < 1.29 is 26.3 Å². The molecule has 2 heterocycles. The molecule has 0 unspecified atom stereocenters. The van der Waals surface area contributed by atoms with Gasteiger partial charge in [0.05, 0.1) is 16.1 Å². The maximum absolute atomic E-state index is 13.3. The first-order valence-electron chi connectivity index (χ1n) is 9.22. The molecule has 0 amide bonds. The number of alkyl halides is 3. The highest BCUT2D eigenvalue weighted by Crippen LogP contribution is 2.31. The van der Waals surface area contributed by atoms with Gasteiger partial charge in [0.15, 0.2) is 0 Å². The molecule has 0 spiro atoms. The van der Waals surface area contributed by atoms with E-state index in [0.29, 0.717) is 11.0 Å². The Morgan fingerprint density at radius 2 is 1.73 bits per heavy atom. The van der Waals surface area contributed by atoms with E-state index in [1.165, 1.54) is 0 Å². The highest BCUT2D eigenvalue weighted by molar-refractivity contribution is 7.90. The molecule has 4 rings (SSSR count). The van der Waals surface area contributed by atoms with E-state index in [9.17, 15) is 21.6 Å². The zero-order chi connectivity index (χ0) is 21.5. The van der Waals surface area contributed by atoms with E-state index < -0.39 is 22.1 Å². The van der Waals surface area contributed by atoms with Crippen molar-refractivity contribution in [3.8, 4) is 5.75 Å². The van der Waals surface area contributed by atoms with Gasteiger partial charge in [-0.1, -0.05) is 6.07 Å². The fourth-order valence-electron chi connectivity index (χ4n) is 3.56. The number of halogens is 3. The molecule has 1 fully saturated rings. The summed E-state index contributed by atoms with van der Waals surface area (Å²) in [7, 11) is -4.07. The second-order valence-corrected chi connectivity index (χ2v) is 8.62. The molecule has 3 aromatic rings. The lowest BCUT2D eigenvalue weighted by atomic mass is 10.2. The van der Waals surface area contributed by atoms with Gasteiger partial charge in [0, 0.05) is 26.2 Å². The van der Waals surface area contributed by atoms with Crippen LogP contribution in [0.25, 0.3) is 11.0 Å². The number of benzene rings is 2. The monoisotopic (exact) mass is 440 g/mol. The standard InChI is InChI=1S/C19H19F3N4O3S/c1-13-24-18-16(25-11-9-23-10-12-25)3-2-4-17(18)26(13)30(27,28)15-7-5-14(6-8-15)29-19(20,21)22/h2-8,23H,9-12H2,1H3. The second kappa shape index (κ2) is 7.47. The predicted molar refractivity (Wildman–Crippen MR) is 105 cm³/mol.